The molecule has 0 unspecified atom stereocenters. The fourth-order valence-corrected chi connectivity index (χ4v) is 1.19. The molecule has 0 bridgehead atoms. The van der Waals surface area contributed by atoms with E-state index in [1.165, 1.54) is 0 Å². The SMILES string of the molecule is CC.Cc1c(F)c(F)c(F)c(Br)c1F. The molecule has 0 saturated carbocycles. The third-order valence-electron chi connectivity index (χ3n) is 1.43. The van der Waals surface area contributed by atoms with Crippen LogP contribution in [0.15, 0.2) is 4.47 Å². The van der Waals surface area contributed by atoms with Gasteiger partial charge in [0.25, 0.3) is 0 Å². The van der Waals surface area contributed by atoms with Gasteiger partial charge in [-0.3, -0.25) is 0 Å². The Hall–Kier alpha value is -0.580. The van der Waals surface area contributed by atoms with Crippen molar-refractivity contribution in [2.24, 2.45) is 0 Å². The average Bonchev–Trinajstić information content (AvgIpc) is 2.24. The second kappa shape index (κ2) is 5.34. The van der Waals surface area contributed by atoms with E-state index in [4.69, 9.17) is 0 Å². The maximum atomic E-state index is 12.7. The molecule has 0 aromatic heterocycles. The first-order valence-corrected chi connectivity index (χ1v) is 4.74. The lowest BCUT2D eigenvalue weighted by atomic mass is 10.2. The molecule has 0 aliphatic heterocycles. The summed E-state index contributed by atoms with van der Waals surface area (Å²) in [5.74, 6) is -5.82. The first-order chi connectivity index (χ1) is 6.46. The summed E-state index contributed by atoms with van der Waals surface area (Å²) in [6.07, 6.45) is 0. The Bertz CT molecular complexity index is 231. The lowest BCUT2D eigenvalue weighted by Crippen LogP contribution is -2.00. The molecule has 5 heteroatoms. The highest BCUT2D eigenvalue weighted by Crippen LogP contribution is 2.27. The van der Waals surface area contributed by atoms with Gasteiger partial charge in [-0.1, -0.05) is 13.8 Å². The lowest BCUT2D eigenvalue weighted by molar-refractivity contribution is 0.424. The fourth-order valence-electron chi connectivity index (χ4n) is 0.715. The van der Waals surface area contributed by atoms with Gasteiger partial charge < -0.3 is 0 Å². The van der Waals surface area contributed by atoms with E-state index in [0.717, 1.165) is 6.92 Å². The zero-order valence-corrected chi connectivity index (χ0v) is 9.48. The van der Waals surface area contributed by atoms with Gasteiger partial charge in [0.1, 0.15) is 5.82 Å². The van der Waals surface area contributed by atoms with E-state index in [1.807, 2.05) is 13.8 Å². The van der Waals surface area contributed by atoms with Gasteiger partial charge in [-0.25, -0.2) is 17.6 Å². The Morgan fingerprint density at radius 3 is 1.64 bits per heavy atom. The van der Waals surface area contributed by atoms with Crippen molar-refractivity contribution >= 4 is 15.9 Å². The molecular formula is C9H9BrF4. The maximum absolute atomic E-state index is 12.7. The van der Waals surface area contributed by atoms with Crippen molar-refractivity contribution in [3.05, 3.63) is 33.3 Å². The molecule has 1 rings (SSSR count). The molecule has 0 N–H and O–H groups in total. The number of halogens is 5. The van der Waals surface area contributed by atoms with Crippen LogP contribution in [0.1, 0.15) is 19.4 Å². The Kier molecular flexibility index (Phi) is 5.12. The van der Waals surface area contributed by atoms with Crippen molar-refractivity contribution in [2.75, 3.05) is 0 Å². The molecule has 0 saturated heterocycles. The minimum atomic E-state index is -1.67. The van der Waals surface area contributed by atoms with Crippen molar-refractivity contribution in [1.29, 1.82) is 0 Å². The zero-order chi connectivity index (χ0) is 11.5. The van der Waals surface area contributed by atoms with Gasteiger partial charge in [0.15, 0.2) is 17.5 Å². The summed E-state index contributed by atoms with van der Waals surface area (Å²) in [7, 11) is 0. The van der Waals surface area contributed by atoms with Crippen LogP contribution in [0.5, 0.6) is 0 Å². The molecule has 1 aromatic carbocycles. The highest BCUT2D eigenvalue weighted by atomic mass is 79.9. The second-order valence-corrected chi connectivity index (χ2v) is 2.99. The molecule has 0 fully saturated rings. The van der Waals surface area contributed by atoms with Crippen molar-refractivity contribution in [3.8, 4) is 0 Å². The van der Waals surface area contributed by atoms with E-state index in [0.29, 0.717) is 0 Å². The lowest BCUT2D eigenvalue weighted by Gasteiger charge is -2.03. The van der Waals surface area contributed by atoms with Crippen molar-refractivity contribution in [1.82, 2.24) is 0 Å². The summed E-state index contributed by atoms with van der Waals surface area (Å²) in [6.45, 7) is 5.03. The van der Waals surface area contributed by atoms with Gasteiger partial charge in [0, 0.05) is 5.56 Å². The fraction of sp³-hybridized carbons (Fsp3) is 0.333. The molecule has 0 aliphatic carbocycles. The van der Waals surface area contributed by atoms with E-state index < -0.39 is 33.3 Å². The van der Waals surface area contributed by atoms with Gasteiger partial charge in [0.05, 0.1) is 4.47 Å². The normalized spacial score (nSPS) is 9.43. The molecule has 0 amide bonds. The van der Waals surface area contributed by atoms with Crippen LogP contribution in [0.3, 0.4) is 0 Å². The quantitative estimate of drug-likeness (QED) is 0.374. The maximum Gasteiger partial charge on any atom is 0.196 e. The van der Waals surface area contributed by atoms with Gasteiger partial charge in [-0.15, -0.1) is 0 Å². The molecule has 80 valence electrons. The third-order valence-corrected chi connectivity index (χ3v) is 2.13. The van der Waals surface area contributed by atoms with Gasteiger partial charge in [0.2, 0.25) is 0 Å². The van der Waals surface area contributed by atoms with E-state index in [9.17, 15) is 17.6 Å². The largest absolute Gasteiger partial charge is 0.205 e. The van der Waals surface area contributed by atoms with Gasteiger partial charge in [-0.2, -0.15) is 0 Å². The summed E-state index contributed by atoms with van der Waals surface area (Å²) in [6, 6.07) is 0. The van der Waals surface area contributed by atoms with E-state index >= 15 is 0 Å². The van der Waals surface area contributed by atoms with Crippen LogP contribution in [-0.2, 0) is 0 Å². The first kappa shape index (κ1) is 13.4. The molecule has 0 aliphatic rings. The van der Waals surface area contributed by atoms with Crippen LogP contribution in [0.25, 0.3) is 0 Å². The summed E-state index contributed by atoms with van der Waals surface area (Å²) < 4.78 is 49.6. The molecule has 0 nitrogen and oxygen atoms in total. The topological polar surface area (TPSA) is 0 Å². The Labute approximate surface area is 88.1 Å². The highest BCUT2D eigenvalue weighted by Gasteiger charge is 2.20. The first-order valence-electron chi connectivity index (χ1n) is 3.94. The summed E-state index contributed by atoms with van der Waals surface area (Å²) in [5, 5.41) is 0. The van der Waals surface area contributed by atoms with Crippen LogP contribution < -0.4 is 0 Å². The average molecular weight is 273 g/mol. The number of hydrogen-bond acceptors (Lipinski definition) is 0. The zero-order valence-electron chi connectivity index (χ0n) is 7.89. The van der Waals surface area contributed by atoms with Gasteiger partial charge >= 0.3 is 0 Å². The standard InChI is InChI=1S/C7H3BrF4.C2H6/c1-2-4(9)3(8)6(11)7(12)5(2)10;1-2/h1H3;1-2H3. The van der Waals surface area contributed by atoms with Crippen LogP contribution in [-0.4, -0.2) is 0 Å². The number of rotatable bonds is 0. The summed E-state index contributed by atoms with van der Waals surface area (Å²) >= 11 is 2.46. The number of benzene rings is 1. The molecular weight excluding hydrogens is 264 g/mol. The predicted octanol–water partition coefficient (Wildman–Crippen LogP) is 4.34. The Morgan fingerprint density at radius 1 is 0.786 bits per heavy atom. The molecule has 0 spiro atoms. The monoisotopic (exact) mass is 272 g/mol. The molecule has 0 atom stereocenters. The van der Waals surface area contributed by atoms with Crippen molar-refractivity contribution in [3.63, 3.8) is 0 Å². The predicted molar refractivity (Wildman–Crippen MR) is 50.1 cm³/mol. The number of hydrogen-bond donors (Lipinski definition) is 0. The molecule has 14 heavy (non-hydrogen) atoms. The van der Waals surface area contributed by atoms with Crippen molar-refractivity contribution in [2.45, 2.75) is 20.8 Å². The summed E-state index contributed by atoms with van der Waals surface area (Å²) in [4.78, 5) is 0. The van der Waals surface area contributed by atoms with E-state index in [1.54, 1.807) is 0 Å². The Morgan fingerprint density at radius 2 is 1.21 bits per heavy atom. The minimum Gasteiger partial charge on any atom is -0.205 e. The van der Waals surface area contributed by atoms with Gasteiger partial charge in [-0.05, 0) is 22.9 Å². The second-order valence-electron chi connectivity index (χ2n) is 2.19. The summed E-state index contributed by atoms with van der Waals surface area (Å²) in [5.41, 5.74) is -0.541. The molecule has 1 aromatic rings. The van der Waals surface area contributed by atoms with Crippen molar-refractivity contribution < 1.29 is 17.6 Å². The van der Waals surface area contributed by atoms with Crippen LogP contribution in [0.2, 0.25) is 0 Å². The van der Waals surface area contributed by atoms with Crippen LogP contribution >= 0.6 is 15.9 Å². The van der Waals surface area contributed by atoms with Crippen LogP contribution in [0, 0.1) is 30.2 Å². The van der Waals surface area contributed by atoms with E-state index in [2.05, 4.69) is 15.9 Å². The molecule has 0 heterocycles. The smallest absolute Gasteiger partial charge is 0.196 e. The van der Waals surface area contributed by atoms with E-state index in [-0.39, 0.29) is 0 Å². The minimum absolute atomic E-state index is 0.541. The molecule has 0 radical (unpaired) electrons. The highest BCUT2D eigenvalue weighted by molar-refractivity contribution is 9.10. The Balaban J connectivity index is 0.000000791. The van der Waals surface area contributed by atoms with Crippen LogP contribution in [0.4, 0.5) is 17.6 Å². The third kappa shape index (κ3) is 2.26.